The van der Waals surface area contributed by atoms with E-state index >= 15 is 0 Å². The lowest BCUT2D eigenvalue weighted by Crippen LogP contribution is -2.30. The number of rotatable bonds is 4. The number of anilines is 1. The molecule has 0 aliphatic carbocycles. The molecular formula is C15H15NO4. The molecule has 1 unspecified atom stereocenters. The highest BCUT2D eigenvalue weighted by Crippen LogP contribution is 2.26. The summed E-state index contributed by atoms with van der Waals surface area (Å²) in [6.07, 6.45) is 1.35. The van der Waals surface area contributed by atoms with E-state index in [1.807, 2.05) is 6.92 Å². The molecule has 1 aliphatic rings. The third-order valence-corrected chi connectivity index (χ3v) is 3.30. The van der Waals surface area contributed by atoms with Crippen LogP contribution in [0, 0.1) is 0 Å². The highest BCUT2D eigenvalue weighted by molar-refractivity contribution is 6.30. The fourth-order valence-corrected chi connectivity index (χ4v) is 2.16. The average molecular weight is 273 g/mol. The van der Waals surface area contributed by atoms with Crippen LogP contribution in [0.15, 0.2) is 35.9 Å². The number of aliphatic carboxylic acids is 1. The Morgan fingerprint density at radius 2 is 1.85 bits per heavy atom. The quantitative estimate of drug-likeness (QED) is 0.852. The van der Waals surface area contributed by atoms with Crippen LogP contribution < -0.4 is 4.90 Å². The summed E-state index contributed by atoms with van der Waals surface area (Å²) >= 11 is 0. The van der Waals surface area contributed by atoms with Crippen molar-refractivity contribution in [1.29, 1.82) is 0 Å². The highest BCUT2D eigenvalue weighted by Gasteiger charge is 2.29. The Bertz CT molecular complexity index is 601. The SMILES string of the molecule is CC1=CC(=O)N(c2ccc(C(C)CC(=O)O)cc2)C1=O. The van der Waals surface area contributed by atoms with E-state index in [0.29, 0.717) is 11.3 Å². The van der Waals surface area contributed by atoms with Gasteiger partial charge in [-0.1, -0.05) is 19.1 Å². The Kier molecular flexibility index (Phi) is 3.70. The van der Waals surface area contributed by atoms with Gasteiger partial charge in [-0.25, -0.2) is 4.90 Å². The molecule has 0 bridgehead atoms. The number of carbonyl (C=O) groups excluding carboxylic acids is 2. The van der Waals surface area contributed by atoms with Crippen molar-refractivity contribution in [3.63, 3.8) is 0 Å². The predicted octanol–water partition coefficient (Wildman–Crippen LogP) is 2.08. The molecule has 1 aliphatic heterocycles. The van der Waals surface area contributed by atoms with Crippen LogP contribution in [-0.2, 0) is 14.4 Å². The predicted molar refractivity (Wildman–Crippen MR) is 73.4 cm³/mol. The highest BCUT2D eigenvalue weighted by atomic mass is 16.4. The van der Waals surface area contributed by atoms with E-state index in [2.05, 4.69) is 0 Å². The third kappa shape index (κ3) is 2.61. The molecule has 0 spiro atoms. The van der Waals surface area contributed by atoms with Crippen molar-refractivity contribution < 1.29 is 19.5 Å². The zero-order valence-electron chi connectivity index (χ0n) is 11.3. The minimum Gasteiger partial charge on any atom is -0.481 e. The molecule has 5 heteroatoms. The third-order valence-electron chi connectivity index (χ3n) is 3.30. The van der Waals surface area contributed by atoms with Crippen molar-refractivity contribution in [2.45, 2.75) is 26.2 Å². The Balaban J connectivity index is 2.19. The molecule has 2 rings (SSSR count). The van der Waals surface area contributed by atoms with Gasteiger partial charge >= 0.3 is 5.97 Å². The van der Waals surface area contributed by atoms with Gasteiger partial charge in [0.2, 0.25) is 0 Å². The fourth-order valence-electron chi connectivity index (χ4n) is 2.16. The summed E-state index contributed by atoms with van der Waals surface area (Å²) in [7, 11) is 0. The second-order valence-corrected chi connectivity index (χ2v) is 4.90. The first kappa shape index (κ1) is 14.0. The number of hydrogen-bond donors (Lipinski definition) is 1. The molecular weight excluding hydrogens is 258 g/mol. The lowest BCUT2D eigenvalue weighted by molar-refractivity contribution is -0.137. The van der Waals surface area contributed by atoms with Crippen LogP contribution in [0.4, 0.5) is 5.69 Å². The molecule has 20 heavy (non-hydrogen) atoms. The molecule has 5 nitrogen and oxygen atoms in total. The summed E-state index contributed by atoms with van der Waals surface area (Å²) in [4.78, 5) is 35.3. The number of benzene rings is 1. The zero-order valence-corrected chi connectivity index (χ0v) is 11.3. The van der Waals surface area contributed by atoms with Gasteiger partial charge < -0.3 is 5.11 Å². The number of carboxylic acids is 1. The van der Waals surface area contributed by atoms with Crippen molar-refractivity contribution in [2.24, 2.45) is 0 Å². The molecule has 104 valence electrons. The lowest BCUT2D eigenvalue weighted by atomic mass is 9.97. The van der Waals surface area contributed by atoms with Crippen molar-refractivity contribution in [2.75, 3.05) is 4.90 Å². The summed E-state index contributed by atoms with van der Waals surface area (Å²) in [5.41, 5.74) is 1.78. The maximum absolute atomic E-state index is 11.8. The number of imide groups is 1. The molecule has 0 radical (unpaired) electrons. The summed E-state index contributed by atoms with van der Waals surface area (Å²) in [5.74, 6) is -1.64. The number of carboxylic acid groups (broad SMARTS) is 1. The first-order valence-corrected chi connectivity index (χ1v) is 6.28. The van der Waals surface area contributed by atoms with Gasteiger partial charge in [0.25, 0.3) is 11.8 Å². The van der Waals surface area contributed by atoms with Gasteiger partial charge in [-0.2, -0.15) is 0 Å². The van der Waals surface area contributed by atoms with Crippen molar-refractivity contribution in [3.05, 3.63) is 41.5 Å². The van der Waals surface area contributed by atoms with Crippen molar-refractivity contribution >= 4 is 23.5 Å². The summed E-state index contributed by atoms with van der Waals surface area (Å²) in [6, 6.07) is 6.82. The largest absolute Gasteiger partial charge is 0.481 e. The number of hydrogen-bond acceptors (Lipinski definition) is 3. The Labute approximate surface area is 116 Å². The van der Waals surface area contributed by atoms with Crippen molar-refractivity contribution in [3.8, 4) is 0 Å². The van der Waals surface area contributed by atoms with Gasteiger partial charge in [0.1, 0.15) is 0 Å². The maximum atomic E-state index is 11.8. The van der Waals surface area contributed by atoms with Crippen LogP contribution in [0.5, 0.6) is 0 Å². The van der Waals surface area contributed by atoms with Crippen molar-refractivity contribution in [1.82, 2.24) is 0 Å². The second-order valence-electron chi connectivity index (χ2n) is 4.90. The molecule has 1 atom stereocenters. The van der Waals surface area contributed by atoms with E-state index in [1.165, 1.54) is 6.08 Å². The van der Waals surface area contributed by atoms with Gasteiger partial charge in [0.15, 0.2) is 0 Å². The van der Waals surface area contributed by atoms with Crippen LogP contribution >= 0.6 is 0 Å². The zero-order chi connectivity index (χ0) is 14.9. The van der Waals surface area contributed by atoms with E-state index in [0.717, 1.165) is 10.5 Å². The first-order chi connectivity index (χ1) is 9.40. The summed E-state index contributed by atoms with van der Waals surface area (Å²) in [5, 5.41) is 8.77. The van der Waals surface area contributed by atoms with E-state index in [-0.39, 0.29) is 24.2 Å². The van der Waals surface area contributed by atoms with Gasteiger partial charge in [-0.3, -0.25) is 14.4 Å². The number of amides is 2. The fraction of sp³-hybridized carbons (Fsp3) is 0.267. The van der Waals surface area contributed by atoms with Crippen LogP contribution in [0.3, 0.4) is 0 Å². The van der Waals surface area contributed by atoms with Crippen LogP contribution in [0.25, 0.3) is 0 Å². The van der Waals surface area contributed by atoms with Crippen LogP contribution in [-0.4, -0.2) is 22.9 Å². The summed E-state index contributed by atoms with van der Waals surface area (Å²) < 4.78 is 0. The van der Waals surface area contributed by atoms with E-state index in [1.54, 1.807) is 31.2 Å². The molecule has 2 amide bonds. The molecule has 1 aromatic rings. The summed E-state index contributed by atoms with van der Waals surface area (Å²) in [6.45, 7) is 3.42. The van der Waals surface area contributed by atoms with E-state index in [4.69, 9.17) is 5.11 Å². The molecule has 1 N–H and O–H groups in total. The Morgan fingerprint density at radius 3 is 2.30 bits per heavy atom. The molecule has 1 heterocycles. The molecule has 0 fully saturated rings. The molecule has 0 saturated carbocycles. The smallest absolute Gasteiger partial charge is 0.303 e. The minimum atomic E-state index is -0.855. The minimum absolute atomic E-state index is 0.0432. The van der Waals surface area contributed by atoms with Gasteiger partial charge in [0, 0.05) is 11.6 Å². The lowest BCUT2D eigenvalue weighted by Gasteiger charge is -2.16. The normalized spacial score (nSPS) is 16.3. The number of carbonyl (C=O) groups is 3. The van der Waals surface area contributed by atoms with Crippen LogP contribution in [0.1, 0.15) is 31.7 Å². The van der Waals surface area contributed by atoms with Gasteiger partial charge in [0.05, 0.1) is 12.1 Å². The van der Waals surface area contributed by atoms with Crippen LogP contribution in [0.2, 0.25) is 0 Å². The number of nitrogens with zero attached hydrogens (tertiary/aromatic N) is 1. The second kappa shape index (κ2) is 5.28. The average Bonchev–Trinajstić information content (AvgIpc) is 2.63. The Morgan fingerprint density at radius 1 is 1.25 bits per heavy atom. The van der Waals surface area contributed by atoms with E-state index < -0.39 is 5.97 Å². The standard InChI is InChI=1S/C15H15NO4/c1-9(8-14(18)19)11-3-5-12(6-4-11)16-13(17)7-10(2)15(16)20/h3-7,9H,8H2,1-2H3,(H,18,19). The Hall–Kier alpha value is -2.43. The molecule has 0 saturated heterocycles. The maximum Gasteiger partial charge on any atom is 0.303 e. The molecule has 1 aromatic carbocycles. The van der Waals surface area contributed by atoms with Gasteiger partial charge in [-0.05, 0) is 30.5 Å². The molecule has 0 aromatic heterocycles. The first-order valence-electron chi connectivity index (χ1n) is 6.28. The van der Waals surface area contributed by atoms with E-state index in [9.17, 15) is 14.4 Å². The topological polar surface area (TPSA) is 74.7 Å². The van der Waals surface area contributed by atoms with Gasteiger partial charge in [-0.15, -0.1) is 0 Å². The monoisotopic (exact) mass is 273 g/mol.